The zero-order chi connectivity index (χ0) is 12.1. The van der Waals surface area contributed by atoms with Gasteiger partial charge in [-0.2, -0.15) is 0 Å². The monoisotopic (exact) mass is 232 g/mol. The third kappa shape index (κ3) is 13.2. The summed E-state index contributed by atoms with van der Waals surface area (Å²) in [6, 6.07) is 0. The van der Waals surface area contributed by atoms with E-state index in [9.17, 15) is 4.79 Å². The lowest BCUT2D eigenvalue weighted by Gasteiger charge is -2.03. The Bertz CT molecular complexity index is 159. The summed E-state index contributed by atoms with van der Waals surface area (Å²) >= 11 is 0. The molecule has 0 saturated carbocycles. The number of hydrogen-bond donors (Lipinski definition) is 1. The van der Waals surface area contributed by atoms with E-state index in [1.165, 1.54) is 38.5 Å². The van der Waals surface area contributed by atoms with E-state index < -0.39 is 6.16 Å². The molecule has 0 bridgehead atoms. The van der Waals surface area contributed by atoms with Crippen LogP contribution in [0.1, 0.15) is 58.3 Å². The van der Waals surface area contributed by atoms with E-state index in [1.807, 2.05) is 0 Å². The smallest absolute Gasteiger partial charge is 0.450 e. The second-order valence-corrected chi connectivity index (χ2v) is 3.91. The molecule has 4 heteroatoms. The third-order valence-electron chi connectivity index (χ3n) is 2.41. The van der Waals surface area contributed by atoms with Crippen LogP contribution in [0, 0.1) is 0 Å². The molecular formula is C12H24O4. The van der Waals surface area contributed by atoms with Crippen molar-refractivity contribution in [3.63, 3.8) is 0 Å². The van der Waals surface area contributed by atoms with Gasteiger partial charge in [-0.3, -0.25) is 0 Å². The van der Waals surface area contributed by atoms with Crippen molar-refractivity contribution in [2.45, 2.75) is 58.3 Å². The van der Waals surface area contributed by atoms with Gasteiger partial charge in [-0.25, -0.2) is 4.79 Å². The molecule has 4 nitrogen and oxygen atoms in total. The highest BCUT2D eigenvalue weighted by Crippen LogP contribution is 2.08. The predicted octanol–water partition coefficient (Wildman–Crippen LogP) is 3.80. The average molecular weight is 232 g/mol. The SMILES string of the molecule is CCCCCCCCCCOCOC(=O)O. The molecule has 0 heterocycles. The molecule has 0 spiro atoms. The second-order valence-electron chi connectivity index (χ2n) is 3.91. The van der Waals surface area contributed by atoms with Crippen LogP contribution in [-0.4, -0.2) is 24.7 Å². The summed E-state index contributed by atoms with van der Waals surface area (Å²) in [4.78, 5) is 9.96. The Morgan fingerprint density at radius 2 is 1.56 bits per heavy atom. The lowest BCUT2D eigenvalue weighted by molar-refractivity contribution is -0.0345. The van der Waals surface area contributed by atoms with Crippen molar-refractivity contribution < 1.29 is 19.4 Å². The van der Waals surface area contributed by atoms with Gasteiger partial charge in [0.15, 0.2) is 6.79 Å². The van der Waals surface area contributed by atoms with E-state index in [0.29, 0.717) is 6.61 Å². The van der Waals surface area contributed by atoms with Crippen LogP contribution < -0.4 is 0 Å². The molecule has 0 amide bonds. The summed E-state index contributed by atoms with van der Waals surface area (Å²) in [6.45, 7) is 2.66. The summed E-state index contributed by atoms with van der Waals surface area (Å²) in [5, 5.41) is 8.15. The van der Waals surface area contributed by atoms with Crippen molar-refractivity contribution in [3.8, 4) is 0 Å². The summed E-state index contributed by atoms with van der Waals surface area (Å²) in [7, 11) is 0. The molecule has 0 saturated heterocycles. The molecule has 16 heavy (non-hydrogen) atoms. The lowest BCUT2D eigenvalue weighted by Crippen LogP contribution is -2.06. The van der Waals surface area contributed by atoms with Crippen LogP contribution in [0.25, 0.3) is 0 Å². The molecule has 0 aliphatic rings. The molecule has 0 rings (SSSR count). The molecule has 0 unspecified atom stereocenters. The summed E-state index contributed by atoms with van der Waals surface area (Å²) in [5.41, 5.74) is 0. The molecule has 0 aromatic carbocycles. The Morgan fingerprint density at radius 1 is 1.00 bits per heavy atom. The Labute approximate surface area is 97.9 Å². The number of hydrogen-bond acceptors (Lipinski definition) is 3. The molecule has 0 fully saturated rings. The standard InChI is InChI=1S/C12H24O4/c1-2-3-4-5-6-7-8-9-10-15-11-16-12(13)14/h2-11H2,1H3,(H,13,14). The number of unbranched alkanes of at least 4 members (excludes halogenated alkanes) is 7. The minimum Gasteiger partial charge on any atom is -0.450 e. The normalized spacial score (nSPS) is 10.3. The maximum atomic E-state index is 9.96. The van der Waals surface area contributed by atoms with Gasteiger partial charge in [-0.1, -0.05) is 51.9 Å². The number of carboxylic acid groups (broad SMARTS) is 1. The van der Waals surface area contributed by atoms with Crippen LogP contribution >= 0.6 is 0 Å². The molecule has 0 atom stereocenters. The zero-order valence-corrected chi connectivity index (χ0v) is 10.2. The van der Waals surface area contributed by atoms with E-state index in [4.69, 9.17) is 9.84 Å². The maximum absolute atomic E-state index is 9.96. The first-order valence-corrected chi connectivity index (χ1v) is 6.20. The van der Waals surface area contributed by atoms with Crippen LogP contribution in [0.3, 0.4) is 0 Å². The molecule has 0 aromatic rings. The summed E-state index contributed by atoms with van der Waals surface area (Å²) < 4.78 is 9.19. The fourth-order valence-corrected chi connectivity index (χ4v) is 1.49. The Morgan fingerprint density at radius 3 is 2.12 bits per heavy atom. The Kier molecular flexibility index (Phi) is 11.7. The highest BCUT2D eigenvalue weighted by atomic mass is 16.7. The van der Waals surface area contributed by atoms with Crippen LogP contribution in [0.2, 0.25) is 0 Å². The van der Waals surface area contributed by atoms with Crippen molar-refractivity contribution in [1.29, 1.82) is 0 Å². The number of ether oxygens (including phenoxy) is 2. The van der Waals surface area contributed by atoms with Gasteiger partial charge in [0, 0.05) is 0 Å². The molecule has 0 aliphatic heterocycles. The highest BCUT2D eigenvalue weighted by molar-refractivity contribution is 5.56. The van der Waals surface area contributed by atoms with E-state index in [-0.39, 0.29) is 6.79 Å². The van der Waals surface area contributed by atoms with Crippen molar-refractivity contribution in [1.82, 2.24) is 0 Å². The summed E-state index contributed by atoms with van der Waals surface area (Å²) in [6.07, 6.45) is 8.70. The first-order valence-electron chi connectivity index (χ1n) is 6.20. The van der Waals surface area contributed by atoms with Gasteiger partial charge in [-0.05, 0) is 6.42 Å². The van der Waals surface area contributed by atoms with Gasteiger partial charge in [0.2, 0.25) is 0 Å². The fraction of sp³-hybridized carbons (Fsp3) is 0.917. The van der Waals surface area contributed by atoms with Crippen molar-refractivity contribution in [3.05, 3.63) is 0 Å². The van der Waals surface area contributed by atoms with E-state index in [0.717, 1.165) is 12.8 Å². The first kappa shape index (κ1) is 15.2. The Hall–Kier alpha value is -0.770. The average Bonchev–Trinajstić information content (AvgIpc) is 2.25. The largest absolute Gasteiger partial charge is 0.507 e. The van der Waals surface area contributed by atoms with Crippen LogP contribution in [0.5, 0.6) is 0 Å². The van der Waals surface area contributed by atoms with Gasteiger partial charge < -0.3 is 14.6 Å². The van der Waals surface area contributed by atoms with Gasteiger partial charge in [0.25, 0.3) is 0 Å². The predicted molar refractivity (Wildman–Crippen MR) is 62.5 cm³/mol. The molecule has 0 aliphatic carbocycles. The topological polar surface area (TPSA) is 55.8 Å². The van der Waals surface area contributed by atoms with E-state index in [2.05, 4.69) is 11.7 Å². The van der Waals surface area contributed by atoms with Gasteiger partial charge in [0.1, 0.15) is 0 Å². The fourth-order valence-electron chi connectivity index (χ4n) is 1.49. The highest BCUT2D eigenvalue weighted by Gasteiger charge is 1.95. The van der Waals surface area contributed by atoms with Crippen LogP contribution in [0.4, 0.5) is 4.79 Å². The molecule has 0 radical (unpaired) electrons. The van der Waals surface area contributed by atoms with Crippen LogP contribution in [0.15, 0.2) is 0 Å². The second kappa shape index (κ2) is 12.3. The van der Waals surface area contributed by atoms with Crippen molar-refractivity contribution in [2.24, 2.45) is 0 Å². The first-order chi connectivity index (χ1) is 7.77. The molecule has 0 aromatic heterocycles. The molecule has 96 valence electrons. The maximum Gasteiger partial charge on any atom is 0.507 e. The third-order valence-corrected chi connectivity index (χ3v) is 2.41. The molecule has 1 N–H and O–H groups in total. The van der Waals surface area contributed by atoms with E-state index in [1.54, 1.807) is 0 Å². The minimum atomic E-state index is -1.28. The van der Waals surface area contributed by atoms with Gasteiger partial charge >= 0.3 is 6.16 Å². The summed E-state index contributed by atoms with van der Waals surface area (Å²) in [5.74, 6) is 0. The van der Waals surface area contributed by atoms with Gasteiger partial charge in [0.05, 0.1) is 6.61 Å². The van der Waals surface area contributed by atoms with Crippen LogP contribution in [-0.2, 0) is 9.47 Å². The quantitative estimate of drug-likeness (QED) is 0.334. The zero-order valence-electron chi connectivity index (χ0n) is 10.2. The Balaban J connectivity index is 2.90. The number of rotatable bonds is 11. The molecular weight excluding hydrogens is 208 g/mol. The minimum absolute atomic E-state index is 0.147. The van der Waals surface area contributed by atoms with Crippen molar-refractivity contribution >= 4 is 6.16 Å². The van der Waals surface area contributed by atoms with Gasteiger partial charge in [-0.15, -0.1) is 0 Å². The lowest BCUT2D eigenvalue weighted by atomic mass is 10.1. The van der Waals surface area contributed by atoms with Crippen molar-refractivity contribution in [2.75, 3.05) is 13.4 Å². The number of carbonyl (C=O) groups is 1. The van der Waals surface area contributed by atoms with E-state index >= 15 is 0 Å².